The van der Waals surface area contributed by atoms with Gasteiger partial charge in [0, 0.05) is 18.3 Å². The van der Waals surface area contributed by atoms with Gasteiger partial charge >= 0.3 is 5.97 Å². The molecule has 41 heavy (non-hydrogen) atoms. The second-order valence-corrected chi connectivity index (χ2v) is 11.2. The normalized spacial score (nSPS) is 11.8. The second-order valence-electron chi connectivity index (χ2n) is 9.55. The molecule has 0 aliphatic heterocycles. The van der Waals surface area contributed by atoms with Crippen LogP contribution in [0.2, 0.25) is 0 Å². The van der Waals surface area contributed by atoms with Crippen molar-refractivity contribution in [3.05, 3.63) is 89.2 Å². The number of pyridine rings is 1. The van der Waals surface area contributed by atoms with Gasteiger partial charge in [0.2, 0.25) is 0 Å². The zero-order valence-electron chi connectivity index (χ0n) is 23.4. The predicted octanol–water partition coefficient (Wildman–Crippen LogP) is 4.16. The van der Waals surface area contributed by atoms with Gasteiger partial charge in [-0.3, -0.25) is 9.59 Å². The molecule has 3 rings (SSSR count). The lowest BCUT2D eigenvalue weighted by molar-refractivity contribution is 0.0435. The van der Waals surface area contributed by atoms with Crippen molar-refractivity contribution < 1.29 is 32.3 Å². The molecule has 0 fully saturated rings. The lowest BCUT2D eigenvalue weighted by atomic mass is 10.1. The van der Waals surface area contributed by atoms with Crippen molar-refractivity contribution in [1.29, 1.82) is 0 Å². The number of sulfonamides is 1. The SMILES string of the molecule is CCCCC(C)COC(=O)c1ccc(C(=O)NS(=O)(=O)c2ccc(C(=O)NCCc3ccccc3OC)cc2)cn1. The summed E-state index contributed by atoms with van der Waals surface area (Å²) in [6.45, 7) is 4.72. The Morgan fingerprint density at radius 2 is 1.66 bits per heavy atom. The van der Waals surface area contributed by atoms with Gasteiger partial charge < -0.3 is 14.8 Å². The molecule has 0 saturated carbocycles. The van der Waals surface area contributed by atoms with Crippen molar-refractivity contribution in [1.82, 2.24) is 15.0 Å². The lowest BCUT2D eigenvalue weighted by Gasteiger charge is -2.11. The highest BCUT2D eigenvalue weighted by Gasteiger charge is 2.20. The Hall–Kier alpha value is -4.25. The first kappa shape index (κ1) is 31.3. The van der Waals surface area contributed by atoms with Crippen LogP contribution < -0.4 is 14.8 Å². The highest BCUT2D eigenvalue weighted by Crippen LogP contribution is 2.17. The smallest absolute Gasteiger partial charge is 0.356 e. The van der Waals surface area contributed by atoms with Crippen molar-refractivity contribution in [3.63, 3.8) is 0 Å². The Morgan fingerprint density at radius 1 is 0.951 bits per heavy atom. The molecule has 0 aliphatic rings. The van der Waals surface area contributed by atoms with Crippen LogP contribution in [0, 0.1) is 5.92 Å². The van der Waals surface area contributed by atoms with Gasteiger partial charge in [-0.1, -0.05) is 44.9 Å². The topological polar surface area (TPSA) is 141 Å². The highest BCUT2D eigenvalue weighted by atomic mass is 32.2. The number of unbranched alkanes of at least 4 members (excludes halogenated alkanes) is 1. The molecule has 2 N–H and O–H groups in total. The Morgan fingerprint density at radius 3 is 2.32 bits per heavy atom. The van der Waals surface area contributed by atoms with Gasteiger partial charge in [-0.2, -0.15) is 0 Å². The average molecular weight is 582 g/mol. The number of carbonyl (C=O) groups excluding carboxylic acids is 3. The van der Waals surface area contributed by atoms with Crippen LogP contribution in [0.25, 0.3) is 0 Å². The van der Waals surface area contributed by atoms with Gasteiger partial charge in [-0.15, -0.1) is 0 Å². The quantitative estimate of drug-likeness (QED) is 0.270. The molecule has 1 heterocycles. The molecule has 0 bridgehead atoms. The lowest BCUT2D eigenvalue weighted by Crippen LogP contribution is -2.31. The number of esters is 1. The van der Waals surface area contributed by atoms with E-state index in [2.05, 4.69) is 17.2 Å². The minimum atomic E-state index is -4.23. The number of methoxy groups -OCH3 is 1. The summed E-state index contributed by atoms with van der Waals surface area (Å²) < 4.78 is 38.0. The van der Waals surface area contributed by atoms with Crippen LogP contribution in [0.3, 0.4) is 0 Å². The van der Waals surface area contributed by atoms with Gasteiger partial charge in [0.1, 0.15) is 11.4 Å². The molecule has 1 atom stereocenters. The van der Waals surface area contributed by atoms with Crippen LogP contribution in [-0.2, 0) is 21.2 Å². The largest absolute Gasteiger partial charge is 0.496 e. The Balaban J connectivity index is 1.53. The molecule has 2 amide bonds. The summed E-state index contributed by atoms with van der Waals surface area (Å²) in [6.07, 6.45) is 4.73. The third-order valence-electron chi connectivity index (χ3n) is 6.31. The maximum atomic E-state index is 12.7. The molecule has 3 aromatic rings. The van der Waals surface area contributed by atoms with E-state index >= 15 is 0 Å². The molecule has 0 spiro atoms. The summed E-state index contributed by atoms with van der Waals surface area (Å²) in [7, 11) is -2.65. The first-order chi connectivity index (χ1) is 19.6. The third-order valence-corrected chi connectivity index (χ3v) is 7.66. The van der Waals surface area contributed by atoms with Gasteiger partial charge in [0.05, 0.1) is 24.2 Å². The minimum absolute atomic E-state index is 0.0175. The summed E-state index contributed by atoms with van der Waals surface area (Å²) in [4.78, 5) is 41.1. The number of ether oxygens (including phenoxy) is 2. The maximum absolute atomic E-state index is 12.7. The van der Waals surface area contributed by atoms with Crippen molar-refractivity contribution in [2.24, 2.45) is 5.92 Å². The highest BCUT2D eigenvalue weighted by molar-refractivity contribution is 7.90. The summed E-state index contributed by atoms with van der Waals surface area (Å²) in [5.41, 5.74) is 1.18. The Labute approximate surface area is 240 Å². The van der Waals surface area contributed by atoms with E-state index in [4.69, 9.17) is 9.47 Å². The summed E-state index contributed by atoms with van der Waals surface area (Å²) in [6, 6.07) is 15.3. The van der Waals surface area contributed by atoms with Crippen LogP contribution in [0.5, 0.6) is 5.75 Å². The van der Waals surface area contributed by atoms with E-state index < -0.39 is 21.9 Å². The zero-order valence-corrected chi connectivity index (χ0v) is 24.2. The number of carbonyl (C=O) groups is 3. The van der Waals surface area contributed by atoms with E-state index in [1.165, 1.54) is 36.4 Å². The van der Waals surface area contributed by atoms with E-state index in [1.807, 2.05) is 35.9 Å². The number of hydrogen-bond donors (Lipinski definition) is 2. The minimum Gasteiger partial charge on any atom is -0.496 e. The summed E-state index contributed by atoms with van der Waals surface area (Å²) in [5, 5.41) is 2.79. The summed E-state index contributed by atoms with van der Waals surface area (Å²) >= 11 is 0. The third kappa shape index (κ3) is 9.14. The van der Waals surface area contributed by atoms with Crippen molar-refractivity contribution >= 4 is 27.8 Å². The molecule has 0 radical (unpaired) electrons. The fraction of sp³-hybridized carbons (Fsp3) is 0.333. The maximum Gasteiger partial charge on any atom is 0.356 e. The van der Waals surface area contributed by atoms with E-state index in [9.17, 15) is 22.8 Å². The zero-order chi connectivity index (χ0) is 29.8. The van der Waals surface area contributed by atoms with E-state index in [0.29, 0.717) is 13.0 Å². The molecule has 11 heteroatoms. The molecular formula is C30H35N3O7S. The number of rotatable bonds is 14. The standard InChI is InChI=1S/C30H35N3O7S/c1-4-5-8-21(2)20-40-30(36)26-16-13-24(19-32-26)29(35)33-41(37,38)25-14-11-23(12-15-25)28(34)31-18-17-22-9-6-7-10-27(22)39-3/h6-7,9-16,19,21H,4-5,8,17-18,20H2,1-3H3,(H,31,34)(H,33,35). The van der Waals surface area contributed by atoms with Crippen LogP contribution in [0.15, 0.2) is 71.8 Å². The van der Waals surface area contributed by atoms with Gasteiger partial charge in [-0.05, 0) is 66.8 Å². The van der Waals surface area contributed by atoms with Gasteiger partial charge in [-0.25, -0.2) is 22.9 Å². The number of amides is 2. The fourth-order valence-electron chi connectivity index (χ4n) is 3.92. The molecule has 0 saturated heterocycles. The number of nitrogens with one attached hydrogen (secondary N) is 2. The fourth-order valence-corrected chi connectivity index (χ4v) is 4.90. The van der Waals surface area contributed by atoms with Crippen molar-refractivity contribution in [2.45, 2.75) is 44.4 Å². The van der Waals surface area contributed by atoms with Crippen molar-refractivity contribution in [3.8, 4) is 5.75 Å². The molecular weight excluding hydrogens is 546 g/mol. The molecule has 1 aromatic heterocycles. The van der Waals surface area contributed by atoms with Gasteiger partial charge in [0.25, 0.3) is 21.8 Å². The predicted molar refractivity (Wildman–Crippen MR) is 153 cm³/mol. The number of aromatic nitrogens is 1. The Bertz CT molecular complexity index is 1440. The van der Waals surface area contributed by atoms with Crippen molar-refractivity contribution in [2.75, 3.05) is 20.3 Å². The first-order valence-corrected chi connectivity index (χ1v) is 14.8. The summed E-state index contributed by atoms with van der Waals surface area (Å²) in [5.74, 6) is -0.939. The number of nitrogens with zero attached hydrogens (tertiary/aromatic N) is 1. The monoisotopic (exact) mass is 581 g/mol. The molecule has 2 aromatic carbocycles. The number of benzene rings is 2. The second kappa shape index (κ2) is 14.9. The van der Waals surface area contributed by atoms with Gasteiger partial charge in [0.15, 0.2) is 0 Å². The van der Waals surface area contributed by atoms with Crippen LogP contribution >= 0.6 is 0 Å². The van der Waals surface area contributed by atoms with E-state index in [1.54, 1.807) is 7.11 Å². The number of para-hydroxylation sites is 1. The first-order valence-electron chi connectivity index (χ1n) is 13.3. The van der Waals surface area contributed by atoms with E-state index in [-0.39, 0.29) is 40.1 Å². The Kier molecular flexibility index (Phi) is 11.4. The molecule has 0 aliphatic carbocycles. The van der Waals surface area contributed by atoms with Crippen LogP contribution in [0.1, 0.15) is 69.9 Å². The molecule has 10 nitrogen and oxygen atoms in total. The average Bonchev–Trinajstić information content (AvgIpc) is 2.98. The van der Waals surface area contributed by atoms with Crippen LogP contribution in [-0.4, -0.2) is 51.4 Å². The van der Waals surface area contributed by atoms with Crippen LogP contribution in [0.4, 0.5) is 0 Å². The number of hydrogen-bond acceptors (Lipinski definition) is 8. The molecule has 1 unspecified atom stereocenters. The van der Waals surface area contributed by atoms with E-state index in [0.717, 1.165) is 36.8 Å². The molecule has 218 valence electrons.